The monoisotopic (exact) mass is 199 g/mol. The van der Waals surface area contributed by atoms with Crippen LogP contribution in [-0.2, 0) is 13.0 Å². The Morgan fingerprint density at radius 3 is 3.00 bits per heavy atom. The number of imidazole rings is 1. The molecule has 1 spiro atoms. The van der Waals surface area contributed by atoms with Gasteiger partial charge in [-0.25, -0.2) is 4.98 Å². The zero-order valence-electron chi connectivity index (χ0n) is 8.53. The zero-order valence-corrected chi connectivity index (χ0v) is 8.53. The van der Waals surface area contributed by atoms with Crippen molar-refractivity contribution in [3.63, 3.8) is 0 Å². The fourth-order valence-corrected chi connectivity index (χ4v) is 2.86. The van der Waals surface area contributed by atoms with Gasteiger partial charge in [-0.3, -0.25) is 0 Å². The molecule has 1 fully saturated rings. The van der Waals surface area contributed by atoms with E-state index >= 15 is 0 Å². The van der Waals surface area contributed by atoms with Crippen molar-refractivity contribution in [2.45, 2.75) is 24.9 Å². The summed E-state index contributed by atoms with van der Waals surface area (Å²) in [7, 11) is 0. The topological polar surface area (TPSA) is 29.9 Å². The first-order valence-electron chi connectivity index (χ1n) is 5.56. The van der Waals surface area contributed by atoms with Gasteiger partial charge in [0.25, 0.3) is 0 Å². The fraction of sp³-hybridized carbons (Fsp3) is 0.417. The van der Waals surface area contributed by atoms with Gasteiger partial charge >= 0.3 is 0 Å². The number of fused-ring (bicyclic) bond motifs is 3. The minimum absolute atomic E-state index is 0.354. The molecule has 2 aliphatic rings. The summed E-state index contributed by atoms with van der Waals surface area (Å²) in [6.45, 7) is 2.27. The Kier molecular flexibility index (Phi) is 1.27. The van der Waals surface area contributed by atoms with Crippen LogP contribution in [0.2, 0.25) is 0 Å². The maximum absolute atomic E-state index is 4.69. The van der Waals surface area contributed by atoms with E-state index in [4.69, 9.17) is 4.98 Å². The van der Waals surface area contributed by atoms with E-state index in [9.17, 15) is 0 Å². The van der Waals surface area contributed by atoms with Crippen molar-refractivity contribution < 1.29 is 0 Å². The van der Waals surface area contributed by atoms with E-state index in [2.05, 4.69) is 34.1 Å². The van der Waals surface area contributed by atoms with Crippen LogP contribution in [0, 0.1) is 0 Å². The summed E-state index contributed by atoms with van der Waals surface area (Å²) < 4.78 is 2.38. The molecule has 0 amide bonds. The first-order valence-corrected chi connectivity index (χ1v) is 5.56. The van der Waals surface area contributed by atoms with Gasteiger partial charge in [-0.2, -0.15) is 0 Å². The van der Waals surface area contributed by atoms with Crippen LogP contribution in [0.1, 0.15) is 12.2 Å². The Labute approximate surface area is 88.1 Å². The number of hydrogen-bond donors (Lipinski definition) is 1. The Bertz CT molecular complexity index is 537. The van der Waals surface area contributed by atoms with Crippen molar-refractivity contribution >= 4 is 11.0 Å². The van der Waals surface area contributed by atoms with Crippen molar-refractivity contribution in [2.75, 3.05) is 6.54 Å². The third-order valence-electron chi connectivity index (χ3n) is 3.79. The van der Waals surface area contributed by atoms with Crippen LogP contribution in [0.15, 0.2) is 24.3 Å². The van der Waals surface area contributed by atoms with Gasteiger partial charge in [0, 0.05) is 18.5 Å². The third-order valence-corrected chi connectivity index (χ3v) is 3.79. The Hall–Kier alpha value is -1.35. The molecule has 1 N–H and O–H groups in total. The highest BCUT2D eigenvalue weighted by Gasteiger charge is 2.43. The van der Waals surface area contributed by atoms with E-state index in [1.165, 1.54) is 24.3 Å². The second kappa shape index (κ2) is 2.42. The molecule has 1 unspecified atom stereocenters. The van der Waals surface area contributed by atoms with E-state index in [-0.39, 0.29) is 0 Å². The number of rotatable bonds is 0. The molecule has 0 aliphatic carbocycles. The summed E-state index contributed by atoms with van der Waals surface area (Å²) in [5.41, 5.74) is 2.78. The predicted octanol–water partition coefficient (Wildman–Crippen LogP) is 1.32. The van der Waals surface area contributed by atoms with Crippen molar-refractivity contribution in [3.8, 4) is 0 Å². The van der Waals surface area contributed by atoms with Gasteiger partial charge in [-0.1, -0.05) is 12.1 Å². The van der Waals surface area contributed by atoms with E-state index in [0.717, 1.165) is 18.5 Å². The van der Waals surface area contributed by atoms with Crippen molar-refractivity contribution in [1.82, 2.24) is 14.9 Å². The zero-order chi connectivity index (χ0) is 9.88. The van der Waals surface area contributed by atoms with Gasteiger partial charge in [-0.05, 0) is 25.1 Å². The average Bonchev–Trinajstić information content (AvgIpc) is 2.70. The quantitative estimate of drug-likeness (QED) is 0.693. The van der Waals surface area contributed by atoms with E-state index in [1.807, 2.05) is 0 Å². The van der Waals surface area contributed by atoms with Crippen molar-refractivity contribution in [1.29, 1.82) is 0 Å². The minimum Gasteiger partial charge on any atom is -0.326 e. The second-order valence-electron chi connectivity index (χ2n) is 4.74. The molecular weight excluding hydrogens is 186 g/mol. The molecule has 76 valence electrons. The Morgan fingerprint density at radius 2 is 2.20 bits per heavy atom. The smallest absolute Gasteiger partial charge is 0.111 e. The number of benzene rings is 1. The lowest BCUT2D eigenvalue weighted by Crippen LogP contribution is -2.58. The number of nitrogens with one attached hydrogen (secondary N) is 1. The van der Waals surface area contributed by atoms with E-state index < -0.39 is 0 Å². The van der Waals surface area contributed by atoms with Crippen LogP contribution < -0.4 is 5.32 Å². The number of hydrogen-bond acceptors (Lipinski definition) is 2. The third kappa shape index (κ3) is 0.913. The molecule has 2 aromatic rings. The van der Waals surface area contributed by atoms with Gasteiger partial charge < -0.3 is 9.88 Å². The lowest BCUT2D eigenvalue weighted by molar-refractivity contribution is 0.205. The average molecular weight is 199 g/mol. The Balaban J connectivity index is 1.90. The van der Waals surface area contributed by atoms with Crippen molar-refractivity contribution in [3.05, 3.63) is 30.1 Å². The normalized spacial score (nSPS) is 28.3. The summed E-state index contributed by atoms with van der Waals surface area (Å²) in [5.74, 6) is 1.25. The summed E-state index contributed by atoms with van der Waals surface area (Å²) in [6, 6.07) is 8.42. The van der Waals surface area contributed by atoms with E-state index in [0.29, 0.717) is 5.54 Å². The molecule has 3 nitrogen and oxygen atoms in total. The van der Waals surface area contributed by atoms with Crippen LogP contribution in [-0.4, -0.2) is 21.6 Å². The highest BCUT2D eigenvalue weighted by molar-refractivity contribution is 5.76. The molecule has 3 heteroatoms. The molecule has 1 atom stereocenters. The van der Waals surface area contributed by atoms with E-state index in [1.54, 1.807) is 0 Å². The second-order valence-corrected chi connectivity index (χ2v) is 4.74. The largest absolute Gasteiger partial charge is 0.326 e. The molecular formula is C12H13N3. The SMILES string of the molecule is c1ccc2c(c1)nc1n2CC2(CCN2)C1. The van der Waals surface area contributed by atoms with Gasteiger partial charge in [0.2, 0.25) is 0 Å². The van der Waals surface area contributed by atoms with Gasteiger partial charge in [0.15, 0.2) is 0 Å². The molecule has 3 heterocycles. The van der Waals surface area contributed by atoms with Crippen LogP contribution in [0.5, 0.6) is 0 Å². The number of aromatic nitrogens is 2. The molecule has 1 aromatic carbocycles. The molecule has 4 rings (SSSR count). The molecule has 1 aromatic heterocycles. The maximum Gasteiger partial charge on any atom is 0.111 e. The van der Waals surface area contributed by atoms with Crippen LogP contribution in [0.25, 0.3) is 11.0 Å². The molecule has 1 saturated heterocycles. The summed E-state index contributed by atoms with van der Waals surface area (Å²) in [4.78, 5) is 4.69. The maximum atomic E-state index is 4.69. The van der Waals surface area contributed by atoms with Gasteiger partial charge in [-0.15, -0.1) is 0 Å². The van der Waals surface area contributed by atoms with Crippen molar-refractivity contribution in [2.24, 2.45) is 0 Å². The number of nitrogens with zero attached hydrogens (tertiary/aromatic N) is 2. The highest BCUT2D eigenvalue weighted by atomic mass is 15.2. The number of para-hydroxylation sites is 2. The molecule has 15 heavy (non-hydrogen) atoms. The first-order chi connectivity index (χ1) is 7.36. The molecule has 2 aliphatic heterocycles. The minimum atomic E-state index is 0.354. The summed E-state index contributed by atoms with van der Waals surface area (Å²) in [6.07, 6.45) is 2.40. The van der Waals surface area contributed by atoms with Gasteiger partial charge in [0.1, 0.15) is 5.82 Å². The fourth-order valence-electron chi connectivity index (χ4n) is 2.86. The first kappa shape index (κ1) is 7.88. The summed E-state index contributed by atoms with van der Waals surface area (Å²) in [5, 5.41) is 3.56. The lowest BCUT2D eigenvalue weighted by Gasteiger charge is -2.39. The Morgan fingerprint density at radius 1 is 1.33 bits per heavy atom. The predicted molar refractivity (Wildman–Crippen MR) is 58.8 cm³/mol. The summed E-state index contributed by atoms with van der Waals surface area (Å²) >= 11 is 0. The highest BCUT2D eigenvalue weighted by Crippen LogP contribution is 2.34. The van der Waals surface area contributed by atoms with Crippen LogP contribution in [0.4, 0.5) is 0 Å². The van der Waals surface area contributed by atoms with Crippen LogP contribution >= 0.6 is 0 Å². The lowest BCUT2D eigenvalue weighted by atomic mass is 9.86. The standard InChI is InChI=1S/C12H13N3/c1-2-4-10-9(3-1)14-11-7-12(5-6-13-12)8-15(10)11/h1-4,13H,5-8H2. The van der Waals surface area contributed by atoms with Gasteiger partial charge in [0.05, 0.1) is 11.0 Å². The van der Waals surface area contributed by atoms with Crippen LogP contribution in [0.3, 0.4) is 0 Å². The molecule has 0 radical (unpaired) electrons. The molecule has 0 saturated carbocycles. The molecule has 0 bridgehead atoms.